The van der Waals surface area contributed by atoms with Gasteiger partial charge in [-0.25, -0.2) is 9.97 Å². The molecule has 0 unspecified atom stereocenters. The maximum absolute atomic E-state index is 11.8. The van der Waals surface area contributed by atoms with E-state index in [2.05, 4.69) is 9.97 Å². The van der Waals surface area contributed by atoms with Crippen LogP contribution < -0.4 is 5.73 Å². The first-order chi connectivity index (χ1) is 7.83. The molecule has 0 saturated heterocycles. The van der Waals surface area contributed by atoms with E-state index in [1.54, 1.807) is 24.7 Å². The minimum atomic E-state index is -0.428. The summed E-state index contributed by atoms with van der Waals surface area (Å²) in [4.78, 5) is 7.21. The third-order valence-electron chi connectivity index (χ3n) is 1.81. The summed E-state index contributed by atoms with van der Waals surface area (Å²) in [5, 5.41) is 0. The van der Waals surface area contributed by atoms with Crippen molar-refractivity contribution in [3.63, 3.8) is 0 Å². The van der Waals surface area contributed by atoms with E-state index in [-0.39, 0.29) is 0 Å². The lowest BCUT2D eigenvalue weighted by molar-refractivity contribution is 0.584. The van der Waals surface area contributed by atoms with Crippen molar-refractivity contribution < 1.29 is 4.39 Å². The molecule has 0 bridgehead atoms. The Bertz CT molecular complexity index is 361. The van der Waals surface area contributed by atoms with Gasteiger partial charge >= 0.3 is 0 Å². The molecule has 2 aromatic heterocycles. The van der Waals surface area contributed by atoms with E-state index in [1.165, 1.54) is 12.3 Å². The van der Waals surface area contributed by atoms with Crippen LogP contribution in [0, 0.1) is 5.95 Å². The van der Waals surface area contributed by atoms with E-state index < -0.39 is 5.95 Å². The second-order valence-electron chi connectivity index (χ2n) is 3.10. The highest BCUT2D eigenvalue weighted by Gasteiger charge is 1.85. The van der Waals surface area contributed by atoms with Crippen LogP contribution in [0.3, 0.4) is 0 Å². The Labute approximate surface area is 94.0 Å². The largest absolute Gasteiger partial charge is 0.337 e. The van der Waals surface area contributed by atoms with Gasteiger partial charge in [-0.05, 0) is 25.1 Å². The van der Waals surface area contributed by atoms with E-state index in [0.29, 0.717) is 0 Å². The average molecular weight is 222 g/mol. The third kappa shape index (κ3) is 5.21. The summed E-state index contributed by atoms with van der Waals surface area (Å²) in [5.74, 6) is -0.428. The zero-order valence-electron chi connectivity index (χ0n) is 8.96. The molecule has 2 N–H and O–H groups in total. The fraction of sp³-hybridized carbons (Fsp3) is 0.273. The summed E-state index contributed by atoms with van der Waals surface area (Å²) in [6, 6.07) is 4.57. The Kier molecular flexibility index (Phi) is 5.80. The molecule has 0 aliphatic carbocycles. The molecule has 5 heteroatoms. The first-order valence-electron chi connectivity index (χ1n) is 5.05. The van der Waals surface area contributed by atoms with E-state index >= 15 is 0 Å². The molecule has 0 radical (unpaired) electrons. The number of nitrogens with two attached hydrogens (primary N) is 1. The van der Waals surface area contributed by atoms with Crippen molar-refractivity contribution in [2.75, 3.05) is 6.54 Å². The predicted molar refractivity (Wildman–Crippen MR) is 60.1 cm³/mol. The molecular weight excluding hydrogens is 207 g/mol. The van der Waals surface area contributed by atoms with Gasteiger partial charge in [0.1, 0.15) is 0 Å². The molecule has 2 heterocycles. The molecule has 2 rings (SSSR count). The molecule has 0 aliphatic heterocycles. The maximum Gasteiger partial charge on any atom is 0.212 e. The Morgan fingerprint density at radius 1 is 1.31 bits per heavy atom. The summed E-state index contributed by atoms with van der Waals surface area (Å²) < 4.78 is 13.8. The van der Waals surface area contributed by atoms with Crippen LogP contribution in [0.4, 0.5) is 4.39 Å². The van der Waals surface area contributed by atoms with Crippen LogP contribution in [0.1, 0.15) is 6.42 Å². The van der Waals surface area contributed by atoms with Gasteiger partial charge in [0.05, 0.1) is 6.33 Å². The SMILES string of the molecule is Fc1ccccn1.NCCCn1ccnc1. The van der Waals surface area contributed by atoms with Gasteiger partial charge in [-0.1, -0.05) is 6.07 Å². The van der Waals surface area contributed by atoms with E-state index in [9.17, 15) is 4.39 Å². The van der Waals surface area contributed by atoms with Crippen molar-refractivity contribution in [1.29, 1.82) is 0 Å². The number of nitrogens with zero attached hydrogens (tertiary/aromatic N) is 3. The first kappa shape index (κ1) is 12.3. The van der Waals surface area contributed by atoms with Crippen molar-refractivity contribution in [3.8, 4) is 0 Å². The average Bonchev–Trinajstić information content (AvgIpc) is 2.81. The molecule has 86 valence electrons. The molecule has 0 aliphatic rings. The number of pyridine rings is 1. The highest BCUT2D eigenvalue weighted by atomic mass is 19.1. The second kappa shape index (κ2) is 7.53. The van der Waals surface area contributed by atoms with Crippen molar-refractivity contribution in [3.05, 3.63) is 49.1 Å². The van der Waals surface area contributed by atoms with Crippen molar-refractivity contribution in [2.45, 2.75) is 13.0 Å². The number of rotatable bonds is 3. The van der Waals surface area contributed by atoms with Crippen molar-refractivity contribution in [2.24, 2.45) is 5.73 Å². The van der Waals surface area contributed by atoms with Crippen LogP contribution in [0.2, 0.25) is 0 Å². The maximum atomic E-state index is 11.8. The predicted octanol–water partition coefficient (Wildman–Crippen LogP) is 1.45. The Morgan fingerprint density at radius 2 is 2.19 bits per heavy atom. The fourth-order valence-electron chi connectivity index (χ4n) is 1.03. The summed E-state index contributed by atoms with van der Waals surface area (Å²) in [6.45, 7) is 1.73. The van der Waals surface area contributed by atoms with Crippen LogP contribution in [-0.2, 0) is 6.54 Å². The zero-order chi connectivity index (χ0) is 11.6. The molecule has 2 aromatic rings. The number of imidazole rings is 1. The molecule has 0 aromatic carbocycles. The van der Waals surface area contributed by atoms with E-state index in [1.807, 2.05) is 10.8 Å². The monoisotopic (exact) mass is 222 g/mol. The fourth-order valence-corrected chi connectivity index (χ4v) is 1.03. The lowest BCUT2D eigenvalue weighted by atomic mass is 10.4. The highest BCUT2D eigenvalue weighted by Crippen LogP contribution is 1.87. The quantitative estimate of drug-likeness (QED) is 0.800. The minimum Gasteiger partial charge on any atom is -0.337 e. The van der Waals surface area contributed by atoms with Crippen LogP contribution in [0.5, 0.6) is 0 Å². The second-order valence-corrected chi connectivity index (χ2v) is 3.10. The third-order valence-corrected chi connectivity index (χ3v) is 1.81. The van der Waals surface area contributed by atoms with Crippen LogP contribution in [0.15, 0.2) is 43.1 Å². The number of hydrogen-bond donors (Lipinski definition) is 1. The minimum absolute atomic E-state index is 0.428. The van der Waals surface area contributed by atoms with E-state index in [4.69, 9.17) is 5.73 Å². The topological polar surface area (TPSA) is 56.7 Å². The number of aromatic nitrogens is 3. The Balaban J connectivity index is 0.000000165. The van der Waals surface area contributed by atoms with E-state index in [0.717, 1.165) is 19.5 Å². The number of halogens is 1. The normalized spacial score (nSPS) is 9.38. The summed E-state index contributed by atoms with van der Waals surface area (Å²) in [5.41, 5.74) is 5.31. The standard InChI is InChI=1S/C6H11N3.C5H4FN/c7-2-1-4-9-5-3-8-6-9;6-5-3-1-2-4-7-5/h3,5-6H,1-2,4,7H2;1-4H. The van der Waals surface area contributed by atoms with Crippen molar-refractivity contribution >= 4 is 0 Å². The molecule has 0 fully saturated rings. The lowest BCUT2D eigenvalue weighted by Gasteiger charge is -1.96. The van der Waals surface area contributed by atoms with Crippen LogP contribution in [-0.4, -0.2) is 21.1 Å². The molecule has 0 amide bonds. The Morgan fingerprint density at radius 3 is 2.62 bits per heavy atom. The van der Waals surface area contributed by atoms with Gasteiger partial charge in [0.15, 0.2) is 0 Å². The highest BCUT2D eigenvalue weighted by molar-refractivity contribution is 4.90. The molecule has 0 spiro atoms. The van der Waals surface area contributed by atoms with Crippen LogP contribution in [0.25, 0.3) is 0 Å². The summed E-state index contributed by atoms with van der Waals surface area (Å²) in [7, 11) is 0. The van der Waals surface area contributed by atoms with Gasteiger partial charge in [-0.2, -0.15) is 4.39 Å². The van der Waals surface area contributed by atoms with Gasteiger partial charge in [-0.3, -0.25) is 0 Å². The Hall–Kier alpha value is -1.75. The summed E-state index contributed by atoms with van der Waals surface area (Å²) >= 11 is 0. The molecule has 16 heavy (non-hydrogen) atoms. The summed E-state index contributed by atoms with van der Waals surface area (Å²) in [6.07, 6.45) is 7.95. The van der Waals surface area contributed by atoms with Gasteiger partial charge < -0.3 is 10.3 Å². The zero-order valence-corrected chi connectivity index (χ0v) is 8.96. The number of hydrogen-bond acceptors (Lipinski definition) is 3. The smallest absolute Gasteiger partial charge is 0.212 e. The number of aryl methyl sites for hydroxylation is 1. The van der Waals surface area contributed by atoms with Crippen LogP contribution >= 0.6 is 0 Å². The van der Waals surface area contributed by atoms with Gasteiger partial charge in [0, 0.05) is 25.1 Å². The van der Waals surface area contributed by atoms with Gasteiger partial charge in [-0.15, -0.1) is 0 Å². The lowest BCUT2D eigenvalue weighted by Crippen LogP contribution is -2.03. The molecular formula is C11H15FN4. The van der Waals surface area contributed by atoms with Gasteiger partial charge in [0.2, 0.25) is 5.95 Å². The van der Waals surface area contributed by atoms with Crippen molar-refractivity contribution in [1.82, 2.24) is 14.5 Å². The molecule has 0 atom stereocenters. The molecule has 0 saturated carbocycles. The van der Waals surface area contributed by atoms with Gasteiger partial charge in [0.25, 0.3) is 0 Å². The first-order valence-corrected chi connectivity index (χ1v) is 5.05. The molecule has 4 nitrogen and oxygen atoms in total.